The van der Waals surface area contributed by atoms with Gasteiger partial charge in [-0.2, -0.15) is 0 Å². The summed E-state index contributed by atoms with van der Waals surface area (Å²) in [7, 11) is 0. The van der Waals surface area contributed by atoms with Crippen LogP contribution >= 0.6 is 0 Å². The van der Waals surface area contributed by atoms with Crippen molar-refractivity contribution in [2.24, 2.45) is 0 Å². The van der Waals surface area contributed by atoms with Crippen molar-refractivity contribution in [3.63, 3.8) is 0 Å². The van der Waals surface area contributed by atoms with Crippen LogP contribution in [-0.4, -0.2) is 22.8 Å². The number of benzene rings is 1. The molecule has 4 heteroatoms. The Labute approximate surface area is 118 Å². The van der Waals surface area contributed by atoms with Crippen molar-refractivity contribution in [1.82, 2.24) is 9.88 Å². The van der Waals surface area contributed by atoms with Gasteiger partial charge in [-0.1, -0.05) is 13.3 Å². The van der Waals surface area contributed by atoms with Crippen LogP contribution in [0.5, 0.6) is 0 Å². The third-order valence-corrected chi connectivity index (χ3v) is 3.37. The van der Waals surface area contributed by atoms with E-state index in [1.54, 1.807) is 6.07 Å². The van der Waals surface area contributed by atoms with Crippen LogP contribution in [0.25, 0.3) is 10.9 Å². The van der Waals surface area contributed by atoms with Gasteiger partial charge < -0.3 is 9.88 Å². The van der Waals surface area contributed by atoms with E-state index < -0.39 is 0 Å². The highest BCUT2D eigenvalue weighted by Gasteiger charge is 2.09. The third kappa shape index (κ3) is 3.26. The second kappa shape index (κ2) is 6.37. The average Bonchev–Trinajstić information content (AvgIpc) is 2.81. The summed E-state index contributed by atoms with van der Waals surface area (Å²) < 4.78 is 1.90. The first-order valence-corrected chi connectivity index (χ1v) is 6.97. The van der Waals surface area contributed by atoms with E-state index in [1.165, 1.54) is 0 Å². The molecule has 106 valence electrons. The monoisotopic (exact) mass is 272 g/mol. The van der Waals surface area contributed by atoms with Crippen LogP contribution in [-0.2, 0) is 11.3 Å². The molecule has 1 aromatic carbocycles. The summed E-state index contributed by atoms with van der Waals surface area (Å²) in [6.45, 7) is 4.43. The molecule has 0 fully saturated rings. The fourth-order valence-corrected chi connectivity index (χ4v) is 2.41. The van der Waals surface area contributed by atoms with E-state index in [2.05, 4.69) is 12.2 Å². The maximum absolute atomic E-state index is 12.0. The molecule has 0 radical (unpaired) electrons. The Balaban J connectivity index is 2.10. The van der Waals surface area contributed by atoms with Gasteiger partial charge >= 0.3 is 0 Å². The minimum absolute atomic E-state index is 0.0166. The van der Waals surface area contributed by atoms with E-state index >= 15 is 0 Å². The number of hydrogen-bond acceptors (Lipinski definition) is 2. The molecule has 0 spiro atoms. The number of carbonyl (C=O) groups is 2. The Hall–Kier alpha value is -2.10. The smallest absolute Gasteiger partial charge is 0.240 e. The molecular weight excluding hydrogens is 252 g/mol. The SMILES string of the molecule is CCCC(C)NC(=O)Cn1ccc2cc(C=O)ccc21. The van der Waals surface area contributed by atoms with Crippen LogP contribution < -0.4 is 5.32 Å². The normalized spacial score (nSPS) is 12.3. The predicted octanol–water partition coefficient (Wildman–Crippen LogP) is 2.76. The van der Waals surface area contributed by atoms with Crippen molar-refractivity contribution in [2.45, 2.75) is 39.3 Å². The highest BCUT2D eigenvalue weighted by molar-refractivity contribution is 5.88. The van der Waals surface area contributed by atoms with Crippen molar-refractivity contribution >= 4 is 23.1 Å². The van der Waals surface area contributed by atoms with E-state index in [0.717, 1.165) is 30.0 Å². The molecule has 2 aromatic rings. The van der Waals surface area contributed by atoms with Crippen LogP contribution in [0.15, 0.2) is 30.5 Å². The molecule has 0 aliphatic carbocycles. The minimum atomic E-state index is 0.0166. The van der Waals surface area contributed by atoms with Crippen molar-refractivity contribution in [3.8, 4) is 0 Å². The first-order valence-electron chi connectivity index (χ1n) is 6.97. The van der Waals surface area contributed by atoms with Crippen LogP contribution in [0.4, 0.5) is 0 Å². The molecule has 0 saturated carbocycles. The van der Waals surface area contributed by atoms with Crippen LogP contribution in [0, 0.1) is 0 Å². The Morgan fingerprint density at radius 3 is 2.90 bits per heavy atom. The van der Waals surface area contributed by atoms with Gasteiger partial charge in [0.2, 0.25) is 5.91 Å². The maximum Gasteiger partial charge on any atom is 0.240 e. The van der Waals surface area contributed by atoms with Crippen molar-refractivity contribution < 1.29 is 9.59 Å². The first-order chi connectivity index (χ1) is 9.63. The molecule has 1 N–H and O–H groups in total. The van der Waals surface area contributed by atoms with E-state index in [4.69, 9.17) is 0 Å². The van der Waals surface area contributed by atoms with E-state index in [-0.39, 0.29) is 11.9 Å². The molecule has 1 unspecified atom stereocenters. The lowest BCUT2D eigenvalue weighted by molar-refractivity contribution is -0.122. The summed E-state index contributed by atoms with van der Waals surface area (Å²) in [5.74, 6) is 0.0166. The molecule has 0 aliphatic rings. The van der Waals surface area contributed by atoms with Gasteiger partial charge in [-0.25, -0.2) is 0 Å². The molecule has 0 bridgehead atoms. The van der Waals surface area contributed by atoms with Gasteiger partial charge in [-0.15, -0.1) is 0 Å². The maximum atomic E-state index is 12.0. The van der Waals surface area contributed by atoms with E-state index in [1.807, 2.05) is 35.9 Å². The fraction of sp³-hybridized carbons (Fsp3) is 0.375. The van der Waals surface area contributed by atoms with E-state index in [0.29, 0.717) is 12.1 Å². The summed E-state index contributed by atoms with van der Waals surface area (Å²) in [5, 5.41) is 3.97. The van der Waals surface area contributed by atoms with Crippen molar-refractivity contribution in [2.75, 3.05) is 0 Å². The Morgan fingerprint density at radius 1 is 1.40 bits per heavy atom. The number of aromatic nitrogens is 1. The molecule has 1 aromatic heterocycles. The zero-order valence-electron chi connectivity index (χ0n) is 11.9. The Kier molecular flexibility index (Phi) is 4.56. The lowest BCUT2D eigenvalue weighted by Crippen LogP contribution is -2.34. The number of rotatable bonds is 6. The zero-order chi connectivity index (χ0) is 14.5. The molecule has 1 heterocycles. The van der Waals surface area contributed by atoms with Gasteiger partial charge in [-0.3, -0.25) is 9.59 Å². The molecule has 20 heavy (non-hydrogen) atoms. The van der Waals surface area contributed by atoms with Gasteiger partial charge in [0.25, 0.3) is 0 Å². The lowest BCUT2D eigenvalue weighted by atomic mass is 10.2. The van der Waals surface area contributed by atoms with Crippen molar-refractivity contribution in [3.05, 3.63) is 36.0 Å². The number of nitrogens with zero attached hydrogens (tertiary/aromatic N) is 1. The second-order valence-electron chi connectivity index (χ2n) is 5.14. The number of amides is 1. The van der Waals surface area contributed by atoms with Crippen LogP contribution in [0.1, 0.15) is 37.0 Å². The molecule has 0 saturated heterocycles. The largest absolute Gasteiger partial charge is 0.352 e. The number of carbonyl (C=O) groups excluding carboxylic acids is 2. The molecule has 1 atom stereocenters. The topological polar surface area (TPSA) is 51.1 Å². The minimum Gasteiger partial charge on any atom is -0.352 e. The lowest BCUT2D eigenvalue weighted by Gasteiger charge is -2.13. The van der Waals surface area contributed by atoms with E-state index in [9.17, 15) is 9.59 Å². The van der Waals surface area contributed by atoms with Gasteiger partial charge in [-0.05, 0) is 37.6 Å². The van der Waals surface area contributed by atoms with Gasteiger partial charge in [0.05, 0.1) is 0 Å². The summed E-state index contributed by atoms with van der Waals surface area (Å²) in [6, 6.07) is 7.60. The number of nitrogens with one attached hydrogen (secondary N) is 1. The van der Waals surface area contributed by atoms with Gasteiger partial charge in [0, 0.05) is 28.7 Å². The molecule has 2 rings (SSSR count). The van der Waals surface area contributed by atoms with Gasteiger partial charge in [0.1, 0.15) is 12.8 Å². The highest BCUT2D eigenvalue weighted by atomic mass is 16.2. The molecule has 0 aliphatic heterocycles. The number of fused-ring (bicyclic) bond motifs is 1. The standard InChI is InChI=1S/C16H20N2O2/c1-3-4-12(2)17-16(20)10-18-8-7-14-9-13(11-19)5-6-15(14)18/h5-9,11-12H,3-4,10H2,1-2H3,(H,17,20). The van der Waals surface area contributed by atoms with Crippen molar-refractivity contribution in [1.29, 1.82) is 0 Å². The summed E-state index contributed by atoms with van der Waals surface area (Å²) in [6.07, 6.45) is 4.75. The summed E-state index contributed by atoms with van der Waals surface area (Å²) in [4.78, 5) is 22.7. The highest BCUT2D eigenvalue weighted by Crippen LogP contribution is 2.17. The number of hydrogen-bond donors (Lipinski definition) is 1. The fourth-order valence-electron chi connectivity index (χ4n) is 2.41. The Morgan fingerprint density at radius 2 is 2.20 bits per heavy atom. The van der Waals surface area contributed by atoms with Gasteiger partial charge in [0.15, 0.2) is 0 Å². The molecule has 4 nitrogen and oxygen atoms in total. The van der Waals surface area contributed by atoms with Crippen LogP contribution in [0.3, 0.4) is 0 Å². The molecular formula is C16H20N2O2. The average molecular weight is 272 g/mol. The van der Waals surface area contributed by atoms with Crippen LogP contribution in [0.2, 0.25) is 0 Å². The number of aldehydes is 1. The molecule has 1 amide bonds. The predicted molar refractivity (Wildman–Crippen MR) is 79.8 cm³/mol. The third-order valence-electron chi connectivity index (χ3n) is 3.37. The zero-order valence-corrected chi connectivity index (χ0v) is 11.9. The second-order valence-corrected chi connectivity index (χ2v) is 5.14. The quantitative estimate of drug-likeness (QED) is 0.822. The summed E-state index contributed by atoms with van der Waals surface area (Å²) in [5.41, 5.74) is 1.62. The first kappa shape index (κ1) is 14.3. The Bertz CT molecular complexity index is 616. The summed E-state index contributed by atoms with van der Waals surface area (Å²) >= 11 is 0.